The first kappa shape index (κ1) is 16.4. The van der Waals surface area contributed by atoms with Crippen molar-refractivity contribution in [2.75, 3.05) is 26.2 Å². The number of hydrogen-bond acceptors (Lipinski definition) is 4. The normalized spacial score (nSPS) is 15.2. The molecule has 1 saturated heterocycles. The summed E-state index contributed by atoms with van der Waals surface area (Å²) < 4.78 is 0. The standard InChI is InChI=1S/C19H20N3O2/c23-15-22(21-13-11-20-12-14-21)19(24)18(16-7-3-1-4-8-16)17-9-5-2-6-10-17/h1-10,18,20H,11-14H2. The van der Waals surface area contributed by atoms with Crippen LogP contribution in [0.1, 0.15) is 17.0 Å². The van der Waals surface area contributed by atoms with Crippen molar-refractivity contribution in [3.05, 3.63) is 71.8 Å². The Labute approximate surface area is 141 Å². The second-order valence-electron chi connectivity index (χ2n) is 5.70. The van der Waals surface area contributed by atoms with Crippen LogP contribution in [0.5, 0.6) is 0 Å². The van der Waals surface area contributed by atoms with Crippen molar-refractivity contribution in [1.82, 2.24) is 15.3 Å². The van der Waals surface area contributed by atoms with Gasteiger partial charge in [0.2, 0.25) is 0 Å². The second-order valence-corrected chi connectivity index (χ2v) is 5.70. The van der Waals surface area contributed by atoms with Gasteiger partial charge in [-0.05, 0) is 11.1 Å². The average molecular weight is 322 g/mol. The molecule has 123 valence electrons. The molecule has 2 aromatic rings. The third kappa shape index (κ3) is 3.53. The van der Waals surface area contributed by atoms with Crippen LogP contribution < -0.4 is 5.32 Å². The number of benzene rings is 2. The number of hydrogen-bond donors (Lipinski definition) is 1. The molecule has 1 aliphatic heterocycles. The van der Waals surface area contributed by atoms with Crippen molar-refractivity contribution >= 4 is 12.3 Å². The summed E-state index contributed by atoms with van der Waals surface area (Å²) in [4.78, 5) is 24.7. The summed E-state index contributed by atoms with van der Waals surface area (Å²) in [6, 6.07) is 19.1. The molecule has 0 bridgehead atoms. The largest absolute Gasteiger partial charge is 0.335 e. The minimum atomic E-state index is -0.524. The third-order valence-electron chi connectivity index (χ3n) is 4.18. The van der Waals surface area contributed by atoms with Gasteiger partial charge in [-0.15, -0.1) is 0 Å². The third-order valence-corrected chi connectivity index (χ3v) is 4.18. The lowest BCUT2D eigenvalue weighted by Gasteiger charge is -2.35. The molecule has 0 unspecified atom stereocenters. The first-order valence-corrected chi connectivity index (χ1v) is 8.08. The van der Waals surface area contributed by atoms with Crippen LogP contribution in [0.25, 0.3) is 0 Å². The number of carbonyl (C=O) groups excluding carboxylic acids is 2. The predicted molar refractivity (Wildman–Crippen MR) is 91.7 cm³/mol. The Morgan fingerprint density at radius 2 is 1.46 bits per heavy atom. The van der Waals surface area contributed by atoms with E-state index < -0.39 is 5.92 Å². The highest BCUT2D eigenvalue weighted by atomic mass is 16.2. The molecule has 1 fully saturated rings. The van der Waals surface area contributed by atoms with Crippen molar-refractivity contribution in [3.63, 3.8) is 0 Å². The number of hydrazine groups is 1. The highest BCUT2D eigenvalue weighted by Crippen LogP contribution is 2.27. The summed E-state index contributed by atoms with van der Waals surface area (Å²) in [5, 5.41) is 6.09. The van der Waals surface area contributed by atoms with Crippen LogP contribution in [0.15, 0.2) is 60.7 Å². The van der Waals surface area contributed by atoms with Crippen molar-refractivity contribution in [1.29, 1.82) is 0 Å². The number of carbonyl (C=O) groups is 1. The molecule has 1 heterocycles. The summed E-state index contributed by atoms with van der Waals surface area (Å²) in [6.07, 6.45) is 1.82. The fourth-order valence-corrected chi connectivity index (χ4v) is 2.99. The molecule has 0 atom stereocenters. The molecule has 24 heavy (non-hydrogen) atoms. The zero-order chi connectivity index (χ0) is 16.8. The van der Waals surface area contributed by atoms with Crippen molar-refractivity contribution < 1.29 is 9.59 Å². The van der Waals surface area contributed by atoms with E-state index >= 15 is 0 Å². The minimum absolute atomic E-state index is 0.274. The second kappa shape index (κ2) is 7.86. The summed E-state index contributed by atoms with van der Waals surface area (Å²) in [5.41, 5.74) is 1.73. The number of nitrogens with one attached hydrogen (secondary N) is 1. The van der Waals surface area contributed by atoms with E-state index in [4.69, 9.17) is 0 Å². The number of rotatable bonds is 5. The van der Waals surface area contributed by atoms with E-state index in [1.807, 2.05) is 67.1 Å². The minimum Gasteiger partial charge on any atom is -0.314 e. The van der Waals surface area contributed by atoms with Crippen molar-refractivity contribution in [3.8, 4) is 0 Å². The Hall–Kier alpha value is -2.50. The maximum Gasteiger partial charge on any atom is 0.335 e. The molecule has 1 aliphatic rings. The van der Waals surface area contributed by atoms with Gasteiger partial charge in [-0.1, -0.05) is 60.7 Å². The Morgan fingerprint density at radius 1 is 0.958 bits per heavy atom. The van der Waals surface area contributed by atoms with Gasteiger partial charge in [-0.25, -0.2) is 10.0 Å². The first-order chi connectivity index (χ1) is 11.8. The number of imide groups is 1. The zero-order valence-corrected chi connectivity index (χ0v) is 13.4. The fourth-order valence-electron chi connectivity index (χ4n) is 2.99. The van der Waals surface area contributed by atoms with Crippen LogP contribution >= 0.6 is 0 Å². The Kier molecular flexibility index (Phi) is 5.36. The van der Waals surface area contributed by atoms with Gasteiger partial charge in [0.05, 0.1) is 5.92 Å². The molecule has 5 heteroatoms. The van der Waals surface area contributed by atoms with Gasteiger partial charge < -0.3 is 5.32 Å². The Balaban J connectivity index is 1.95. The van der Waals surface area contributed by atoms with Gasteiger partial charge in [-0.3, -0.25) is 9.59 Å². The molecule has 0 spiro atoms. The SMILES string of the molecule is O=[C]N(C(=O)C(c1ccccc1)c1ccccc1)N1CCNCC1. The first-order valence-electron chi connectivity index (χ1n) is 8.08. The van der Waals surface area contributed by atoms with Crippen LogP contribution in [-0.4, -0.2) is 48.5 Å². The average Bonchev–Trinajstić information content (AvgIpc) is 2.65. The van der Waals surface area contributed by atoms with Gasteiger partial charge in [0.25, 0.3) is 5.91 Å². The van der Waals surface area contributed by atoms with Crippen LogP contribution in [-0.2, 0) is 9.59 Å². The number of amides is 2. The lowest BCUT2D eigenvalue weighted by Crippen LogP contribution is -2.55. The Bertz CT molecular complexity index is 630. The highest BCUT2D eigenvalue weighted by molar-refractivity contribution is 5.93. The van der Waals surface area contributed by atoms with Gasteiger partial charge in [0.1, 0.15) is 0 Å². The highest BCUT2D eigenvalue weighted by Gasteiger charge is 2.32. The maximum atomic E-state index is 13.2. The van der Waals surface area contributed by atoms with Crippen LogP contribution in [0, 0.1) is 0 Å². The monoisotopic (exact) mass is 322 g/mol. The van der Waals surface area contributed by atoms with Gasteiger partial charge in [-0.2, -0.15) is 0 Å². The summed E-state index contributed by atoms with van der Waals surface area (Å²) >= 11 is 0. The molecule has 0 aromatic heterocycles. The van der Waals surface area contributed by atoms with Gasteiger partial charge >= 0.3 is 6.41 Å². The summed E-state index contributed by atoms with van der Waals surface area (Å²) in [6.45, 7) is 2.70. The molecule has 2 amide bonds. The molecule has 0 saturated carbocycles. The van der Waals surface area contributed by atoms with E-state index in [9.17, 15) is 9.59 Å². The predicted octanol–water partition coefficient (Wildman–Crippen LogP) is 1.53. The van der Waals surface area contributed by atoms with E-state index in [0.717, 1.165) is 29.2 Å². The zero-order valence-electron chi connectivity index (χ0n) is 13.4. The van der Waals surface area contributed by atoms with Gasteiger partial charge in [0.15, 0.2) is 0 Å². The molecule has 0 aliphatic carbocycles. The Morgan fingerprint density at radius 3 is 1.92 bits per heavy atom. The summed E-state index contributed by atoms with van der Waals surface area (Å²) in [5.74, 6) is -0.798. The van der Waals surface area contributed by atoms with Crippen LogP contribution in [0.4, 0.5) is 0 Å². The van der Waals surface area contributed by atoms with Crippen LogP contribution in [0.3, 0.4) is 0 Å². The molecule has 1 radical (unpaired) electrons. The lowest BCUT2D eigenvalue weighted by atomic mass is 9.90. The van der Waals surface area contributed by atoms with E-state index in [1.54, 1.807) is 5.01 Å². The maximum absolute atomic E-state index is 13.2. The fraction of sp³-hybridized carbons (Fsp3) is 0.263. The van der Waals surface area contributed by atoms with E-state index in [1.165, 1.54) is 0 Å². The number of nitrogens with zero attached hydrogens (tertiary/aromatic N) is 2. The van der Waals surface area contributed by atoms with Gasteiger partial charge in [0, 0.05) is 26.2 Å². The van der Waals surface area contributed by atoms with E-state index in [2.05, 4.69) is 5.32 Å². The van der Waals surface area contributed by atoms with Crippen molar-refractivity contribution in [2.45, 2.75) is 5.92 Å². The van der Waals surface area contributed by atoms with E-state index in [0.29, 0.717) is 13.1 Å². The van der Waals surface area contributed by atoms with Crippen molar-refractivity contribution in [2.24, 2.45) is 0 Å². The molecule has 3 rings (SSSR count). The smallest absolute Gasteiger partial charge is 0.314 e. The topological polar surface area (TPSA) is 52.7 Å². The lowest BCUT2D eigenvalue weighted by molar-refractivity contribution is -0.140. The molecular formula is C19H20N3O2. The van der Waals surface area contributed by atoms with E-state index in [-0.39, 0.29) is 5.91 Å². The summed E-state index contributed by atoms with van der Waals surface area (Å²) in [7, 11) is 0. The molecule has 5 nitrogen and oxygen atoms in total. The number of piperazine rings is 1. The quantitative estimate of drug-likeness (QED) is 0.849. The molecular weight excluding hydrogens is 302 g/mol. The molecule has 1 N–H and O–H groups in total. The van der Waals surface area contributed by atoms with Crippen LogP contribution in [0.2, 0.25) is 0 Å². The molecule has 2 aromatic carbocycles.